The number of benzene rings is 1. The van der Waals surface area contributed by atoms with Crippen LogP contribution in [0.5, 0.6) is 0 Å². The molecule has 1 heterocycles. The first-order valence-electron chi connectivity index (χ1n) is 5.67. The summed E-state index contributed by atoms with van der Waals surface area (Å²) in [6.07, 6.45) is 0. The third-order valence-electron chi connectivity index (χ3n) is 3.01. The van der Waals surface area contributed by atoms with Crippen LogP contribution in [0.3, 0.4) is 0 Å². The zero-order valence-electron chi connectivity index (χ0n) is 9.43. The second-order valence-corrected chi connectivity index (χ2v) is 5.99. The van der Waals surface area contributed by atoms with Crippen molar-refractivity contribution in [3.05, 3.63) is 32.7 Å². The Bertz CT molecular complexity index is 361. The molecule has 0 saturated carbocycles. The Hall–Kier alpha value is 0.0300. The van der Waals surface area contributed by atoms with E-state index >= 15 is 0 Å². The third kappa shape index (κ3) is 3.50. The van der Waals surface area contributed by atoms with Gasteiger partial charge in [0.05, 0.1) is 6.04 Å². The molecule has 5 heteroatoms. The maximum atomic E-state index is 13.3. The molecule has 0 spiro atoms. The number of alkyl halides is 1. The molecule has 94 valence electrons. The van der Waals surface area contributed by atoms with Gasteiger partial charge in [-0.3, -0.25) is 4.90 Å². The van der Waals surface area contributed by atoms with Crippen molar-refractivity contribution in [2.75, 3.05) is 32.9 Å². The lowest BCUT2D eigenvalue weighted by Gasteiger charge is -2.33. The van der Waals surface area contributed by atoms with Crippen molar-refractivity contribution in [2.45, 2.75) is 6.04 Å². The van der Waals surface area contributed by atoms with E-state index in [4.69, 9.17) is 0 Å². The highest BCUT2D eigenvalue weighted by Gasteiger charge is 2.22. The Labute approximate surface area is 118 Å². The van der Waals surface area contributed by atoms with Gasteiger partial charge in [0.25, 0.3) is 0 Å². The van der Waals surface area contributed by atoms with E-state index in [2.05, 4.69) is 42.1 Å². The van der Waals surface area contributed by atoms with Crippen LogP contribution >= 0.6 is 31.9 Å². The molecule has 1 saturated heterocycles. The molecular formula is C12H15Br2FN2. The first kappa shape index (κ1) is 13.5. The standard InChI is InChI=1S/C12H15Br2FN2/c13-10-5-9(6-11(14)7-10)12(8-15)17-3-1-16-2-4-17/h5-7,12,16H,1-4,8H2/t12-/m0/s1. The van der Waals surface area contributed by atoms with Crippen LogP contribution in [0.2, 0.25) is 0 Å². The second-order valence-electron chi connectivity index (χ2n) is 4.16. The topological polar surface area (TPSA) is 15.3 Å². The van der Waals surface area contributed by atoms with Crippen LogP contribution in [-0.2, 0) is 0 Å². The second kappa shape index (κ2) is 6.27. The molecule has 1 N–H and O–H groups in total. The third-order valence-corrected chi connectivity index (χ3v) is 3.92. The zero-order chi connectivity index (χ0) is 12.3. The number of hydrogen-bond donors (Lipinski definition) is 1. The van der Waals surface area contributed by atoms with Crippen molar-refractivity contribution >= 4 is 31.9 Å². The van der Waals surface area contributed by atoms with E-state index in [-0.39, 0.29) is 12.7 Å². The summed E-state index contributed by atoms with van der Waals surface area (Å²) in [6, 6.07) is 5.83. The van der Waals surface area contributed by atoms with Crippen LogP contribution in [0.25, 0.3) is 0 Å². The van der Waals surface area contributed by atoms with Crippen LogP contribution in [0.1, 0.15) is 11.6 Å². The lowest BCUT2D eigenvalue weighted by atomic mass is 10.1. The fraction of sp³-hybridized carbons (Fsp3) is 0.500. The summed E-state index contributed by atoms with van der Waals surface area (Å²) >= 11 is 6.90. The Morgan fingerprint density at radius 2 is 1.76 bits per heavy atom. The van der Waals surface area contributed by atoms with Gasteiger partial charge in [-0.05, 0) is 23.8 Å². The van der Waals surface area contributed by atoms with Gasteiger partial charge >= 0.3 is 0 Å². The molecule has 1 atom stereocenters. The van der Waals surface area contributed by atoms with Crippen LogP contribution in [0, 0.1) is 0 Å². The maximum absolute atomic E-state index is 13.3. The molecule has 1 aromatic rings. The van der Waals surface area contributed by atoms with Crippen molar-refractivity contribution in [3.8, 4) is 0 Å². The van der Waals surface area contributed by atoms with Crippen LogP contribution in [0.4, 0.5) is 4.39 Å². The smallest absolute Gasteiger partial charge is 0.109 e. The summed E-state index contributed by atoms with van der Waals surface area (Å²) in [5.41, 5.74) is 1.02. The first-order chi connectivity index (χ1) is 8.20. The predicted molar refractivity (Wildman–Crippen MR) is 75.0 cm³/mol. The van der Waals surface area contributed by atoms with Crippen molar-refractivity contribution in [2.24, 2.45) is 0 Å². The van der Waals surface area contributed by atoms with Crippen molar-refractivity contribution in [1.29, 1.82) is 0 Å². The number of rotatable bonds is 3. The molecule has 2 rings (SSSR count). The van der Waals surface area contributed by atoms with Gasteiger partial charge in [0.2, 0.25) is 0 Å². The largest absolute Gasteiger partial charge is 0.314 e. The summed E-state index contributed by atoms with van der Waals surface area (Å²) in [4.78, 5) is 2.20. The molecular weight excluding hydrogens is 351 g/mol. The Balaban J connectivity index is 2.21. The molecule has 1 aliphatic rings. The predicted octanol–water partition coefficient (Wildman–Crippen LogP) is 3.13. The molecule has 0 aliphatic carbocycles. The fourth-order valence-corrected chi connectivity index (χ4v) is 3.49. The van der Waals surface area contributed by atoms with Crippen LogP contribution in [0.15, 0.2) is 27.1 Å². The minimum absolute atomic E-state index is 0.133. The number of piperazine rings is 1. The SMILES string of the molecule is FC[C@@H](c1cc(Br)cc(Br)c1)N1CCNCC1. The van der Waals surface area contributed by atoms with E-state index in [0.29, 0.717) is 0 Å². The van der Waals surface area contributed by atoms with E-state index in [1.807, 2.05) is 18.2 Å². The number of nitrogens with one attached hydrogen (secondary N) is 1. The summed E-state index contributed by atoms with van der Waals surface area (Å²) in [6.45, 7) is 3.33. The molecule has 1 aliphatic heterocycles. The monoisotopic (exact) mass is 364 g/mol. The van der Waals surface area contributed by atoms with E-state index in [1.54, 1.807) is 0 Å². The number of halogens is 3. The van der Waals surface area contributed by atoms with E-state index < -0.39 is 0 Å². The molecule has 2 nitrogen and oxygen atoms in total. The summed E-state index contributed by atoms with van der Waals surface area (Å²) in [5, 5.41) is 3.29. The molecule has 1 aromatic carbocycles. The maximum Gasteiger partial charge on any atom is 0.109 e. The lowest BCUT2D eigenvalue weighted by Crippen LogP contribution is -2.45. The average Bonchev–Trinajstić information content (AvgIpc) is 2.30. The molecule has 0 bridgehead atoms. The molecule has 0 aromatic heterocycles. The normalized spacial score (nSPS) is 19.2. The highest BCUT2D eigenvalue weighted by molar-refractivity contribution is 9.11. The summed E-state index contributed by atoms with van der Waals surface area (Å²) in [7, 11) is 0. The van der Waals surface area contributed by atoms with Gasteiger partial charge in [-0.25, -0.2) is 4.39 Å². The average molecular weight is 366 g/mol. The Morgan fingerprint density at radius 1 is 1.18 bits per heavy atom. The first-order valence-corrected chi connectivity index (χ1v) is 7.26. The van der Waals surface area contributed by atoms with E-state index in [0.717, 1.165) is 40.7 Å². The minimum Gasteiger partial charge on any atom is -0.314 e. The zero-order valence-corrected chi connectivity index (χ0v) is 12.6. The highest BCUT2D eigenvalue weighted by atomic mass is 79.9. The van der Waals surface area contributed by atoms with Gasteiger partial charge in [0.1, 0.15) is 6.67 Å². The molecule has 1 fully saturated rings. The Morgan fingerprint density at radius 3 is 2.29 bits per heavy atom. The minimum atomic E-state index is -0.344. The molecule has 17 heavy (non-hydrogen) atoms. The number of hydrogen-bond acceptors (Lipinski definition) is 2. The van der Waals surface area contributed by atoms with Gasteiger partial charge in [-0.2, -0.15) is 0 Å². The fourth-order valence-electron chi connectivity index (χ4n) is 2.16. The molecule has 0 radical (unpaired) electrons. The van der Waals surface area contributed by atoms with E-state index in [1.165, 1.54) is 0 Å². The van der Waals surface area contributed by atoms with Crippen LogP contribution in [-0.4, -0.2) is 37.8 Å². The van der Waals surface area contributed by atoms with Crippen molar-refractivity contribution < 1.29 is 4.39 Å². The van der Waals surface area contributed by atoms with Crippen molar-refractivity contribution in [3.63, 3.8) is 0 Å². The van der Waals surface area contributed by atoms with Gasteiger partial charge in [-0.15, -0.1) is 0 Å². The quantitative estimate of drug-likeness (QED) is 0.885. The highest BCUT2D eigenvalue weighted by Crippen LogP contribution is 2.28. The molecule has 0 amide bonds. The summed E-state index contributed by atoms with van der Waals surface area (Å²) < 4.78 is 15.3. The van der Waals surface area contributed by atoms with Gasteiger partial charge in [0, 0.05) is 35.1 Å². The molecule has 0 unspecified atom stereocenters. The van der Waals surface area contributed by atoms with Gasteiger partial charge < -0.3 is 5.32 Å². The van der Waals surface area contributed by atoms with Gasteiger partial charge in [0.15, 0.2) is 0 Å². The van der Waals surface area contributed by atoms with Gasteiger partial charge in [-0.1, -0.05) is 31.9 Å². The lowest BCUT2D eigenvalue weighted by molar-refractivity contribution is 0.147. The number of nitrogens with zero attached hydrogens (tertiary/aromatic N) is 1. The van der Waals surface area contributed by atoms with E-state index in [9.17, 15) is 4.39 Å². The van der Waals surface area contributed by atoms with Crippen LogP contribution < -0.4 is 5.32 Å². The Kier molecular flexibility index (Phi) is 4.97. The summed E-state index contributed by atoms with van der Waals surface area (Å²) in [5.74, 6) is 0. The van der Waals surface area contributed by atoms with Crippen molar-refractivity contribution in [1.82, 2.24) is 10.2 Å².